The maximum atomic E-state index is 10.5. The molecule has 2 rings (SSSR count). The fourth-order valence-corrected chi connectivity index (χ4v) is 2.90. The van der Waals surface area contributed by atoms with Crippen LogP contribution in [0.2, 0.25) is 0 Å². The number of ether oxygens (including phenoxy) is 2. The number of hydrogen-bond donors (Lipinski definition) is 4. The molecule has 148 valence electrons. The molecule has 3 atom stereocenters. The van der Waals surface area contributed by atoms with Crippen molar-refractivity contribution < 1.29 is 19.4 Å². The lowest BCUT2D eigenvalue weighted by atomic mass is 9.97. The van der Waals surface area contributed by atoms with E-state index in [9.17, 15) is 4.79 Å². The van der Waals surface area contributed by atoms with Crippen LogP contribution in [0.15, 0.2) is 42.5 Å². The maximum Gasteiger partial charge on any atom is 0.303 e. The van der Waals surface area contributed by atoms with Crippen LogP contribution in [0.5, 0.6) is 0 Å². The second-order valence-electron chi connectivity index (χ2n) is 6.30. The minimum absolute atomic E-state index is 0.0371. The van der Waals surface area contributed by atoms with Crippen LogP contribution in [0.25, 0.3) is 0 Å². The number of allylic oxidation sites excluding steroid dienone is 2. The number of para-hydroxylation sites is 1. The molecule has 0 saturated carbocycles. The fraction of sp³-hybridized carbons (Fsp3) is 0.474. The number of carboxylic acid groups (broad SMARTS) is 1. The number of carboxylic acids is 1. The molecule has 1 fully saturated rings. The van der Waals surface area contributed by atoms with Crippen molar-refractivity contribution in [1.82, 2.24) is 10.9 Å². The summed E-state index contributed by atoms with van der Waals surface area (Å²) in [6, 6.07) is 9.68. The number of aliphatic carboxylic acids is 1. The summed E-state index contributed by atoms with van der Waals surface area (Å²) in [7, 11) is 0. The highest BCUT2D eigenvalue weighted by Crippen LogP contribution is 2.21. The number of benzene rings is 1. The van der Waals surface area contributed by atoms with E-state index in [1.807, 2.05) is 49.4 Å². The van der Waals surface area contributed by atoms with E-state index in [0.717, 1.165) is 12.1 Å². The molecule has 1 aliphatic rings. The van der Waals surface area contributed by atoms with Crippen molar-refractivity contribution in [3.63, 3.8) is 0 Å². The molecule has 0 radical (unpaired) electrons. The molecule has 4 N–H and O–H groups in total. The Bertz CT molecular complexity index is 627. The Morgan fingerprint density at radius 1 is 1.33 bits per heavy atom. The van der Waals surface area contributed by atoms with Crippen molar-refractivity contribution in [2.75, 3.05) is 18.5 Å². The molecule has 1 heterocycles. The zero-order chi connectivity index (χ0) is 19.5. The average Bonchev–Trinajstić information content (AvgIpc) is 2.63. The van der Waals surface area contributed by atoms with E-state index < -0.39 is 5.97 Å². The van der Waals surface area contributed by atoms with Crippen molar-refractivity contribution in [3.8, 4) is 0 Å². The summed E-state index contributed by atoms with van der Waals surface area (Å²) in [5, 5.41) is 12.2. The zero-order valence-corrected chi connectivity index (χ0v) is 16.2. The lowest BCUT2D eigenvalue weighted by Crippen LogP contribution is -2.49. The highest BCUT2D eigenvalue weighted by atomic mass is 32.1. The molecule has 27 heavy (non-hydrogen) atoms. The Balaban J connectivity index is 1.73. The van der Waals surface area contributed by atoms with Crippen LogP contribution >= 0.6 is 12.2 Å². The predicted molar refractivity (Wildman–Crippen MR) is 108 cm³/mol. The van der Waals surface area contributed by atoms with E-state index in [2.05, 4.69) is 16.2 Å². The lowest BCUT2D eigenvalue weighted by Gasteiger charge is -2.35. The largest absolute Gasteiger partial charge is 0.481 e. The van der Waals surface area contributed by atoms with E-state index in [0.29, 0.717) is 24.7 Å². The second kappa shape index (κ2) is 11.7. The van der Waals surface area contributed by atoms with Crippen LogP contribution in [-0.4, -0.2) is 41.7 Å². The zero-order valence-electron chi connectivity index (χ0n) is 15.4. The number of hydrazine groups is 1. The van der Waals surface area contributed by atoms with Crippen molar-refractivity contribution in [1.29, 1.82) is 0 Å². The van der Waals surface area contributed by atoms with Gasteiger partial charge in [0, 0.05) is 24.6 Å². The van der Waals surface area contributed by atoms with Gasteiger partial charge in [0.15, 0.2) is 11.4 Å². The Morgan fingerprint density at radius 3 is 2.85 bits per heavy atom. The summed E-state index contributed by atoms with van der Waals surface area (Å²) in [6.45, 7) is 3.04. The number of carbonyl (C=O) groups is 1. The molecule has 1 aliphatic heterocycles. The van der Waals surface area contributed by atoms with Crippen molar-refractivity contribution in [2.45, 2.75) is 38.6 Å². The number of rotatable bonds is 9. The molecule has 0 amide bonds. The molecule has 1 aromatic carbocycles. The third-order valence-corrected chi connectivity index (χ3v) is 4.31. The fourth-order valence-electron chi connectivity index (χ4n) is 2.71. The van der Waals surface area contributed by atoms with Crippen LogP contribution in [0.1, 0.15) is 26.2 Å². The van der Waals surface area contributed by atoms with E-state index in [1.165, 1.54) is 0 Å². The first-order valence-corrected chi connectivity index (χ1v) is 9.44. The third-order valence-electron chi connectivity index (χ3n) is 4.10. The topological polar surface area (TPSA) is 91.9 Å². The van der Waals surface area contributed by atoms with Crippen LogP contribution in [0.3, 0.4) is 0 Å². The molecule has 1 saturated heterocycles. The summed E-state index contributed by atoms with van der Waals surface area (Å²) in [5.74, 6) is -0.599. The predicted octanol–water partition coefficient (Wildman–Crippen LogP) is 2.67. The van der Waals surface area contributed by atoms with Crippen molar-refractivity contribution in [2.24, 2.45) is 5.92 Å². The van der Waals surface area contributed by atoms with E-state index in [-0.39, 0.29) is 24.7 Å². The number of hydrogen-bond acceptors (Lipinski definition) is 5. The lowest BCUT2D eigenvalue weighted by molar-refractivity contribution is -0.225. The minimum Gasteiger partial charge on any atom is -0.481 e. The van der Waals surface area contributed by atoms with E-state index >= 15 is 0 Å². The van der Waals surface area contributed by atoms with Gasteiger partial charge in [0.25, 0.3) is 0 Å². The van der Waals surface area contributed by atoms with Crippen LogP contribution < -0.4 is 16.2 Å². The summed E-state index contributed by atoms with van der Waals surface area (Å²) >= 11 is 5.27. The van der Waals surface area contributed by atoms with Gasteiger partial charge in [-0.15, -0.1) is 0 Å². The van der Waals surface area contributed by atoms with Gasteiger partial charge in [-0.3, -0.25) is 10.2 Å². The van der Waals surface area contributed by atoms with Gasteiger partial charge in [-0.1, -0.05) is 30.4 Å². The van der Waals surface area contributed by atoms with Gasteiger partial charge in [-0.05, 0) is 44.1 Å². The molecule has 0 spiro atoms. The second-order valence-corrected chi connectivity index (χ2v) is 6.71. The first-order chi connectivity index (χ1) is 13.0. The molecule has 0 bridgehead atoms. The molecule has 0 aliphatic carbocycles. The highest BCUT2D eigenvalue weighted by molar-refractivity contribution is 7.80. The van der Waals surface area contributed by atoms with Gasteiger partial charge in [-0.25, -0.2) is 5.43 Å². The minimum atomic E-state index is -0.786. The SMILES string of the molecule is CC1OCC(C/C=C\CCC(=O)O)C(CNNC(=S)Nc2ccccc2)O1. The monoisotopic (exact) mass is 393 g/mol. The highest BCUT2D eigenvalue weighted by Gasteiger charge is 2.29. The summed E-state index contributed by atoms with van der Waals surface area (Å²) in [5.41, 5.74) is 6.99. The van der Waals surface area contributed by atoms with Crippen LogP contribution in [0.4, 0.5) is 5.69 Å². The smallest absolute Gasteiger partial charge is 0.303 e. The number of thiocarbonyl (C=S) groups is 1. The Hall–Kier alpha value is -2.00. The van der Waals surface area contributed by atoms with Gasteiger partial charge in [0.1, 0.15) is 0 Å². The molecule has 1 aromatic rings. The van der Waals surface area contributed by atoms with Crippen molar-refractivity contribution >= 4 is 29.0 Å². The van der Waals surface area contributed by atoms with Gasteiger partial charge in [-0.2, -0.15) is 0 Å². The van der Waals surface area contributed by atoms with Crippen LogP contribution in [0, 0.1) is 5.92 Å². The van der Waals surface area contributed by atoms with Crippen LogP contribution in [-0.2, 0) is 14.3 Å². The Labute approximate surface area is 165 Å². The standard InChI is InChI=1S/C19H27N3O4S/c1-14-25-13-15(8-4-2-7-11-18(23)24)17(26-14)12-20-22-19(27)21-16-9-5-3-6-10-16/h2-6,9-10,14-15,17,20H,7-8,11-13H2,1H3,(H,23,24)(H2,21,22,27)/b4-2-. The quantitative estimate of drug-likeness (QED) is 0.289. The Morgan fingerprint density at radius 2 is 2.11 bits per heavy atom. The van der Waals surface area contributed by atoms with Gasteiger partial charge >= 0.3 is 5.97 Å². The molecule has 0 aromatic heterocycles. The van der Waals surface area contributed by atoms with Crippen molar-refractivity contribution in [3.05, 3.63) is 42.5 Å². The summed E-state index contributed by atoms with van der Waals surface area (Å²) < 4.78 is 11.5. The normalized spacial score (nSPS) is 22.5. The summed E-state index contributed by atoms with van der Waals surface area (Å²) in [6.07, 6.45) is 5.05. The van der Waals surface area contributed by atoms with Gasteiger partial charge < -0.3 is 19.9 Å². The first kappa shape index (κ1) is 21.3. The molecular formula is C19H27N3O4S. The number of anilines is 1. The molecule has 8 heteroatoms. The maximum absolute atomic E-state index is 10.5. The van der Waals surface area contributed by atoms with Gasteiger partial charge in [0.05, 0.1) is 12.7 Å². The number of nitrogens with one attached hydrogen (secondary N) is 3. The summed E-state index contributed by atoms with van der Waals surface area (Å²) in [4.78, 5) is 10.5. The van der Waals surface area contributed by atoms with E-state index in [4.69, 9.17) is 26.8 Å². The average molecular weight is 394 g/mol. The third kappa shape index (κ3) is 8.49. The first-order valence-electron chi connectivity index (χ1n) is 9.03. The molecular weight excluding hydrogens is 366 g/mol. The molecule has 7 nitrogen and oxygen atoms in total. The van der Waals surface area contributed by atoms with Gasteiger partial charge in [0.2, 0.25) is 0 Å². The van der Waals surface area contributed by atoms with E-state index in [1.54, 1.807) is 0 Å². The molecule has 3 unspecified atom stereocenters. The Kier molecular flexibility index (Phi) is 9.20.